The van der Waals surface area contributed by atoms with E-state index in [-0.39, 0.29) is 6.04 Å². The van der Waals surface area contributed by atoms with Crippen LogP contribution < -0.4 is 0 Å². The average molecular weight is 313 g/mol. The zero-order chi connectivity index (χ0) is 16.2. The molecule has 1 aromatic carbocycles. The number of carbonyl (C=O) groups is 1. The molecule has 0 saturated carbocycles. The van der Waals surface area contributed by atoms with Crippen LogP contribution in [0.15, 0.2) is 43.0 Å². The molecule has 0 spiro atoms. The maximum Gasteiger partial charge on any atom is 0.490 e. The standard InChI is InChI=1S/C16H18F3NO2/c1-2-10-20-11-6-9-13(22-15(21)16(17,18)19)14(20)12-7-4-3-5-8-12/h2-5,7-8,13-14H,1,6,9-11H2/t13-,14-/m0/s1. The van der Waals surface area contributed by atoms with Crippen LogP contribution in [0.5, 0.6) is 0 Å². The fraction of sp³-hybridized carbons (Fsp3) is 0.438. The van der Waals surface area contributed by atoms with Crippen molar-refractivity contribution in [3.8, 4) is 0 Å². The summed E-state index contributed by atoms with van der Waals surface area (Å²) in [4.78, 5) is 13.2. The Morgan fingerprint density at radius 3 is 2.64 bits per heavy atom. The predicted molar refractivity (Wildman–Crippen MR) is 76.1 cm³/mol. The topological polar surface area (TPSA) is 29.5 Å². The molecular formula is C16H18F3NO2. The summed E-state index contributed by atoms with van der Waals surface area (Å²) in [5, 5.41) is 0. The zero-order valence-electron chi connectivity index (χ0n) is 12.1. The average Bonchev–Trinajstić information content (AvgIpc) is 2.48. The van der Waals surface area contributed by atoms with Gasteiger partial charge < -0.3 is 4.74 Å². The molecule has 0 unspecified atom stereocenters. The monoisotopic (exact) mass is 313 g/mol. The van der Waals surface area contributed by atoms with E-state index in [0.29, 0.717) is 19.4 Å². The lowest BCUT2D eigenvalue weighted by molar-refractivity contribution is -0.209. The van der Waals surface area contributed by atoms with E-state index >= 15 is 0 Å². The van der Waals surface area contributed by atoms with E-state index in [1.54, 1.807) is 6.08 Å². The van der Waals surface area contributed by atoms with Crippen LogP contribution in [0.3, 0.4) is 0 Å². The van der Waals surface area contributed by atoms with Gasteiger partial charge in [-0.3, -0.25) is 4.90 Å². The molecule has 0 amide bonds. The van der Waals surface area contributed by atoms with E-state index in [1.807, 2.05) is 35.2 Å². The summed E-state index contributed by atoms with van der Waals surface area (Å²) in [7, 11) is 0. The lowest BCUT2D eigenvalue weighted by Crippen LogP contribution is -2.45. The van der Waals surface area contributed by atoms with Crippen molar-refractivity contribution in [3.63, 3.8) is 0 Å². The number of halogens is 3. The van der Waals surface area contributed by atoms with E-state index in [1.165, 1.54) is 0 Å². The number of esters is 1. The van der Waals surface area contributed by atoms with Crippen LogP contribution >= 0.6 is 0 Å². The van der Waals surface area contributed by atoms with Gasteiger partial charge in [-0.2, -0.15) is 13.2 Å². The summed E-state index contributed by atoms with van der Waals surface area (Å²) in [6.45, 7) is 4.93. The van der Waals surface area contributed by atoms with Gasteiger partial charge in [-0.1, -0.05) is 36.4 Å². The molecule has 0 aliphatic carbocycles. The lowest BCUT2D eigenvalue weighted by Gasteiger charge is -2.40. The molecule has 1 saturated heterocycles. The van der Waals surface area contributed by atoms with E-state index in [4.69, 9.17) is 4.74 Å². The quantitative estimate of drug-likeness (QED) is 0.629. The predicted octanol–water partition coefficient (Wildman–Crippen LogP) is 3.48. The second-order valence-corrected chi connectivity index (χ2v) is 5.22. The van der Waals surface area contributed by atoms with Gasteiger partial charge in [0.1, 0.15) is 6.10 Å². The van der Waals surface area contributed by atoms with Crippen molar-refractivity contribution in [1.29, 1.82) is 0 Å². The van der Waals surface area contributed by atoms with Crippen molar-refractivity contribution in [2.24, 2.45) is 0 Å². The second-order valence-electron chi connectivity index (χ2n) is 5.22. The number of ether oxygens (including phenoxy) is 1. The maximum atomic E-state index is 12.5. The molecular weight excluding hydrogens is 295 g/mol. The summed E-state index contributed by atoms with van der Waals surface area (Å²) < 4.78 is 42.2. The van der Waals surface area contributed by atoms with Crippen molar-refractivity contribution < 1.29 is 22.7 Å². The molecule has 0 aromatic heterocycles. The number of benzene rings is 1. The normalized spacial score (nSPS) is 23.0. The minimum absolute atomic E-state index is 0.390. The fourth-order valence-corrected chi connectivity index (χ4v) is 2.80. The molecule has 22 heavy (non-hydrogen) atoms. The SMILES string of the molecule is C=CCN1CCC[C@H](OC(=O)C(F)(F)F)[C@@H]1c1ccccc1. The van der Waals surface area contributed by atoms with Crippen LogP contribution in [0.1, 0.15) is 24.4 Å². The Kier molecular flexibility index (Phi) is 5.24. The Morgan fingerprint density at radius 1 is 1.36 bits per heavy atom. The largest absolute Gasteiger partial charge is 0.490 e. The number of hydrogen-bond acceptors (Lipinski definition) is 3. The molecule has 1 heterocycles. The molecule has 1 fully saturated rings. The highest BCUT2D eigenvalue weighted by Crippen LogP contribution is 2.34. The first-order valence-electron chi connectivity index (χ1n) is 7.11. The van der Waals surface area contributed by atoms with Crippen molar-refractivity contribution >= 4 is 5.97 Å². The highest BCUT2D eigenvalue weighted by atomic mass is 19.4. The highest BCUT2D eigenvalue weighted by molar-refractivity contribution is 5.75. The Hall–Kier alpha value is -1.82. The smallest absolute Gasteiger partial charge is 0.454 e. The van der Waals surface area contributed by atoms with Gasteiger partial charge in [-0.15, -0.1) is 6.58 Å². The summed E-state index contributed by atoms with van der Waals surface area (Å²) in [6, 6.07) is 8.75. The third-order valence-electron chi connectivity index (χ3n) is 3.67. The van der Waals surface area contributed by atoms with E-state index in [9.17, 15) is 18.0 Å². The first kappa shape index (κ1) is 16.5. The van der Waals surface area contributed by atoms with Crippen LogP contribution in [-0.2, 0) is 9.53 Å². The Balaban J connectivity index is 2.25. The molecule has 0 radical (unpaired) electrons. The van der Waals surface area contributed by atoms with Crippen molar-refractivity contribution in [2.45, 2.75) is 31.2 Å². The summed E-state index contributed by atoms with van der Waals surface area (Å²) in [5.74, 6) is -2.13. The van der Waals surface area contributed by atoms with Gasteiger partial charge in [0.25, 0.3) is 0 Å². The second kappa shape index (κ2) is 6.96. The third-order valence-corrected chi connectivity index (χ3v) is 3.67. The summed E-state index contributed by atoms with van der Waals surface area (Å²) in [6.07, 6.45) is -3.00. The molecule has 1 aromatic rings. The van der Waals surface area contributed by atoms with Gasteiger partial charge in [-0.25, -0.2) is 4.79 Å². The lowest BCUT2D eigenvalue weighted by atomic mass is 9.92. The number of likely N-dealkylation sites (tertiary alicyclic amines) is 1. The molecule has 120 valence electrons. The van der Waals surface area contributed by atoms with Crippen molar-refractivity contribution in [1.82, 2.24) is 4.90 Å². The molecule has 0 N–H and O–H groups in total. The number of rotatable bonds is 4. The zero-order valence-corrected chi connectivity index (χ0v) is 12.1. The van der Waals surface area contributed by atoms with Crippen molar-refractivity contribution in [3.05, 3.63) is 48.6 Å². The molecule has 6 heteroatoms. The van der Waals surface area contributed by atoms with Crippen LogP contribution in [0, 0.1) is 0 Å². The number of alkyl halides is 3. The summed E-state index contributed by atoms with van der Waals surface area (Å²) >= 11 is 0. The van der Waals surface area contributed by atoms with Gasteiger partial charge in [0.05, 0.1) is 6.04 Å². The van der Waals surface area contributed by atoms with E-state index in [0.717, 1.165) is 12.1 Å². The molecule has 2 atom stereocenters. The molecule has 0 bridgehead atoms. The summed E-state index contributed by atoms with van der Waals surface area (Å²) in [5.41, 5.74) is 0.837. The number of hydrogen-bond donors (Lipinski definition) is 0. The highest BCUT2D eigenvalue weighted by Gasteiger charge is 2.44. The van der Waals surface area contributed by atoms with Gasteiger partial charge >= 0.3 is 12.1 Å². The molecule has 2 rings (SSSR count). The molecule has 1 aliphatic heterocycles. The number of nitrogens with zero attached hydrogens (tertiary/aromatic N) is 1. The first-order chi connectivity index (χ1) is 10.4. The third kappa shape index (κ3) is 3.88. The van der Waals surface area contributed by atoms with Crippen molar-refractivity contribution in [2.75, 3.05) is 13.1 Å². The minimum atomic E-state index is -4.97. The van der Waals surface area contributed by atoms with Gasteiger partial charge in [0.15, 0.2) is 0 Å². The molecule has 1 aliphatic rings. The van der Waals surface area contributed by atoms with Crippen LogP contribution in [0.2, 0.25) is 0 Å². The van der Waals surface area contributed by atoms with Gasteiger partial charge in [-0.05, 0) is 24.9 Å². The van der Waals surface area contributed by atoms with Gasteiger partial charge in [0.2, 0.25) is 0 Å². The fourth-order valence-electron chi connectivity index (χ4n) is 2.80. The van der Waals surface area contributed by atoms with E-state index < -0.39 is 18.2 Å². The van der Waals surface area contributed by atoms with E-state index in [2.05, 4.69) is 6.58 Å². The Labute approximate surface area is 127 Å². The van der Waals surface area contributed by atoms with Gasteiger partial charge in [0, 0.05) is 6.54 Å². The molecule has 3 nitrogen and oxygen atoms in total. The van der Waals surface area contributed by atoms with Crippen LogP contribution in [0.4, 0.5) is 13.2 Å². The maximum absolute atomic E-state index is 12.5. The number of piperidine rings is 1. The Bertz CT molecular complexity index is 516. The van der Waals surface area contributed by atoms with Crippen LogP contribution in [-0.4, -0.2) is 36.2 Å². The first-order valence-corrected chi connectivity index (χ1v) is 7.11. The Morgan fingerprint density at radius 2 is 2.05 bits per heavy atom. The van der Waals surface area contributed by atoms with Crippen LogP contribution in [0.25, 0.3) is 0 Å². The number of carbonyl (C=O) groups excluding carboxylic acids is 1. The minimum Gasteiger partial charge on any atom is -0.454 e.